The minimum absolute atomic E-state index is 0. The van der Waals surface area contributed by atoms with Gasteiger partial charge >= 0.3 is 0 Å². The van der Waals surface area contributed by atoms with E-state index in [9.17, 15) is 0 Å². The summed E-state index contributed by atoms with van der Waals surface area (Å²) in [6.07, 6.45) is 4.55. The molecule has 4 nitrogen and oxygen atoms in total. The fourth-order valence-corrected chi connectivity index (χ4v) is 3.20. The summed E-state index contributed by atoms with van der Waals surface area (Å²) in [5.74, 6) is 1.36. The predicted molar refractivity (Wildman–Crippen MR) is 79.5 cm³/mol. The first-order chi connectivity index (χ1) is 9.38. The Kier molecular flexibility index (Phi) is 5.27. The van der Waals surface area contributed by atoms with Crippen LogP contribution in [0.15, 0.2) is 30.5 Å². The molecule has 3 fully saturated rings. The summed E-state index contributed by atoms with van der Waals surface area (Å²) >= 11 is 0. The van der Waals surface area contributed by atoms with Crippen LogP contribution in [-0.2, 0) is 0 Å². The van der Waals surface area contributed by atoms with Gasteiger partial charge in [0.2, 0.25) is 5.88 Å². The molecule has 0 radical (unpaired) electrons. The van der Waals surface area contributed by atoms with Crippen LogP contribution in [0, 0.1) is 13.3 Å². The van der Waals surface area contributed by atoms with Gasteiger partial charge in [-0.2, -0.15) is 0 Å². The molecule has 1 aromatic carbocycles. The van der Waals surface area contributed by atoms with Gasteiger partial charge in [0.1, 0.15) is 6.10 Å². The van der Waals surface area contributed by atoms with Crippen molar-refractivity contribution in [2.45, 2.75) is 18.9 Å². The largest absolute Gasteiger partial charge is 1.00 e. The van der Waals surface area contributed by atoms with E-state index >= 15 is 0 Å². The zero-order valence-corrected chi connectivity index (χ0v) is 14.4. The molecule has 1 unspecified atom stereocenters. The van der Waals surface area contributed by atoms with Gasteiger partial charge in [0, 0.05) is 14.0 Å². The molecule has 2 aromatic rings. The van der Waals surface area contributed by atoms with Gasteiger partial charge in [-0.05, 0) is 44.0 Å². The fraction of sp³-hybridized carbons (Fsp3) is 0.438. The number of hydrogen-bond donors (Lipinski definition) is 0. The lowest BCUT2D eigenvalue weighted by Gasteiger charge is -2.44. The van der Waals surface area contributed by atoms with Gasteiger partial charge in [0.15, 0.2) is 0 Å². The summed E-state index contributed by atoms with van der Waals surface area (Å²) in [6, 6.07) is 7.91. The third kappa shape index (κ3) is 3.23. The molecule has 3 aliphatic heterocycles. The van der Waals surface area contributed by atoms with Gasteiger partial charge in [-0.1, -0.05) is 12.1 Å². The van der Waals surface area contributed by atoms with Crippen LogP contribution in [0.25, 0.3) is 11.0 Å². The van der Waals surface area contributed by atoms with Crippen molar-refractivity contribution in [3.63, 3.8) is 0 Å². The Morgan fingerprint density at radius 2 is 1.81 bits per heavy atom. The summed E-state index contributed by atoms with van der Waals surface area (Å²) in [5, 5.41) is 0. The Bertz CT molecular complexity index is 599. The lowest BCUT2D eigenvalue weighted by molar-refractivity contribution is -0.00995. The van der Waals surface area contributed by atoms with Crippen molar-refractivity contribution in [2.75, 3.05) is 19.6 Å². The third-order valence-electron chi connectivity index (χ3n) is 4.29. The zero-order chi connectivity index (χ0) is 12.7. The second-order valence-electron chi connectivity index (χ2n) is 5.49. The van der Waals surface area contributed by atoms with Crippen LogP contribution in [0.1, 0.15) is 12.8 Å². The SMILES string of the molecule is [CH3+].[I-].c1ccc2nc(OC3CN4CCC3CC4)cnc2c1. The molecule has 4 heterocycles. The highest BCUT2D eigenvalue weighted by molar-refractivity contribution is 5.73. The molecule has 0 spiro atoms. The van der Waals surface area contributed by atoms with E-state index in [2.05, 4.69) is 14.9 Å². The monoisotopic (exact) mass is 397 g/mol. The molecular weight excluding hydrogens is 377 g/mol. The number of benzene rings is 1. The first-order valence-corrected chi connectivity index (χ1v) is 6.99. The smallest absolute Gasteiger partial charge is 0.233 e. The van der Waals surface area contributed by atoms with Gasteiger partial charge in [-0.3, -0.25) is 4.90 Å². The molecule has 3 saturated heterocycles. The van der Waals surface area contributed by atoms with E-state index in [-0.39, 0.29) is 37.5 Å². The molecule has 5 heteroatoms. The molecule has 0 saturated carbocycles. The maximum Gasteiger partial charge on any atom is 0.233 e. The quantitative estimate of drug-likeness (QED) is 0.509. The maximum atomic E-state index is 6.08. The number of aromatic nitrogens is 2. The molecule has 0 aliphatic carbocycles. The lowest BCUT2D eigenvalue weighted by atomic mass is 9.86. The van der Waals surface area contributed by atoms with Crippen molar-refractivity contribution in [2.24, 2.45) is 5.92 Å². The topological polar surface area (TPSA) is 38.2 Å². The van der Waals surface area contributed by atoms with Crippen LogP contribution in [0.2, 0.25) is 0 Å². The number of hydrogen-bond acceptors (Lipinski definition) is 4. The normalized spacial score (nSPS) is 26.8. The highest BCUT2D eigenvalue weighted by atomic mass is 127. The van der Waals surface area contributed by atoms with Crippen LogP contribution in [-0.4, -0.2) is 40.6 Å². The van der Waals surface area contributed by atoms with E-state index in [0.717, 1.165) is 17.6 Å². The average molecular weight is 397 g/mol. The van der Waals surface area contributed by atoms with Crippen LogP contribution in [0.4, 0.5) is 0 Å². The van der Waals surface area contributed by atoms with Crippen molar-refractivity contribution in [3.05, 3.63) is 37.9 Å². The average Bonchev–Trinajstić information content (AvgIpc) is 2.48. The maximum absolute atomic E-state index is 6.08. The number of nitrogens with zero attached hydrogens (tertiary/aromatic N) is 3. The Balaban J connectivity index is 0.000000807. The van der Waals surface area contributed by atoms with Crippen molar-refractivity contribution < 1.29 is 28.7 Å². The third-order valence-corrected chi connectivity index (χ3v) is 4.29. The molecule has 5 rings (SSSR count). The summed E-state index contributed by atoms with van der Waals surface area (Å²) in [5.41, 5.74) is 1.82. The van der Waals surface area contributed by atoms with E-state index in [0.29, 0.717) is 11.8 Å². The molecule has 0 amide bonds. The van der Waals surface area contributed by atoms with E-state index in [1.54, 1.807) is 6.20 Å². The van der Waals surface area contributed by atoms with E-state index in [4.69, 9.17) is 4.74 Å². The van der Waals surface area contributed by atoms with Crippen LogP contribution in [0.3, 0.4) is 0 Å². The summed E-state index contributed by atoms with van der Waals surface area (Å²) in [4.78, 5) is 11.4. The first-order valence-electron chi connectivity index (χ1n) is 6.99. The van der Waals surface area contributed by atoms with Crippen molar-refractivity contribution in [3.8, 4) is 5.88 Å². The number of halogens is 1. The standard InChI is InChI=1S/C15H17N3O.CH3.HI/c1-2-4-13-12(3-1)16-9-15(17-13)19-14-10-18-7-5-11(14)6-8-18;;/h1-4,9,11,14H,5-8,10H2;1H3;1H/q;+1;/p-1. The molecule has 21 heavy (non-hydrogen) atoms. The molecule has 1 aromatic heterocycles. The Hall–Kier alpha value is -1.08. The molecule has 1 atom stereocenters. The minimum Gasteiger partial charge on any atom is -1.00 e. The summed E-state index contributed by atoms with van der Waals surface area (Å²) < 4.78 is 6.08. The van der Waals surface area contributed by atoms with Gasteiger partial charge in [0.05, 0.1) is 17.2 Å². The number of piperidine rings is 3. The van der Waals surface area contributed by atoms with E-state index < -0.39 is 0 Å². The Labute approximate surface area is 142 Å². The highest BCUT2D eigenvalue weighted by Crippen LogP contribution is 2.30. The second-order valence-corrected chi connectivity index (χ2v) is 5.49. The summed E-state index contributed by atoms with van der Waals surface area (Å²) in [6.45, 7) is 3.50. The van der Waals surface area contributed by atoms with Gasteiger partial charge in [-0.25, -0.2) is 9.97 Å². The number of ether oxygens (including phenoxy) is 1. The number of rotatable bonds is 2. The number of fused-ring (bicyclic) bond motifs is 4. The Morgan fingerprint density at radius 3 is 2.48 bits per heavy atom. The van der Waals surface area contributed by atoms with E-state index in [1.165, 1.54) is 25.9 Å². The van der Waals surface area contributed by atoms with Crippen molar-refractivity contribution in [1.29, 1.82) is 0 Å². The summed E-state index contributed by atoms with van der Waals surface area (Å²) in [7, 11) is 0. The predicted octanol–water partition coefficient (Wildman–Crippen LogP) is -0.443. The van der Waals surface area contributed by atoms with Crippen LogP contribution < -0.4 is 28.7 Å². The minimum atomic E-state index is 0. The van der Waals surface area contributed by atoms with Gasteiger partial charge in [0.25, 0.3) is 0 Å². The molecule has 3 aliphatic rings. The van der Waals surface area contributed by atoms with Gasteiger partial charge < -0.3 is 28.7 Å². The van der Waals surface area contributed by atoms with Crippen LogP contribution in [0.5, 0.6) is 5.88 Å². The highest BCUT2D eigenvalue weighted by Gasteiger charge is 2.35. The zero-order valence-electron chi connectivity index (χ0n) is 12.2. The van der Waals surface area contributed by atoms with Crippen molar-refractivity contribution in [1.82, 2.24) is 14.9 Å². The Morgan fingerprint density at radius 1 is 1.10 bits per heavy atom. The van der Waals surface area contributed by atoms with Gasteiger partial charge in [-0.15, -0.1) is 0 Å². The lowest BCUT2D eigenvalue weighted by Crippen LogP contribution is -3.00. The fourth-order valence-electron chi connectivity index (χ4n) is 3.20. The second kappa shape index (κ2) is 6.79. The molecule has 112 valence electrons. The molecular formula is C16H20IN3O. The molecule has 0 N–H and O–H groups in total. The van der Waals surface area contributed by atoms with Crippen LogP contribution >= 0.6 is 0 Å². The number of para-hydroxylation sites is 2. The molecule has 2 bridgehead atoms. The van der Waals surface area contributed by atoms with Crippen molar-refractivity contribution >= 4 is 11.0 Å². The first kappa shape index (κ1) is 16.3. The van der Waals surface area contributed by atoms with E-state index in [1.807, 2.05) is 24.3 Å².